The van der Waals surface area contributed by atoms with Crippen LogP contribution in [0.4, 0.5) is 0 Å². The molecule has 1 N–H and O–H groups in total. The number of hydrogen-bond acceptors (Lipinski definition) is 6. The summed E-state index contributed by atoms with van der Waals surface area (Å²) in [5, 5.41) is 8.49. The molecule has 0 bridgehead atoms. The second-order valence-electron chi connectivity index (χ2n) is 7.53. The van der Waals surface area contributed by atoms with E-state index in [1.54, 1.807) is 12.1 Å². The number of thioether (sulfide) groups is 1. The third-order valence-electron chi connectivity index (χ3n) is 4.65. The lowest BCUT2D eigenvalue weighted by Crippen LogP contribution is -2.25. The summed E-state index contributed by atoms with van der Waals surface area (Å²) in [4.78, 5) is 23.3. The minimum Gasteiger partial charge on any atom is -0.490 e. The van der Waals surface area contributed by atoms with Crippen molar-refractivity contribution < 1.29 is 19.1 Å². The van der Waals surface area contributed by atoms with Crippen LogP contribution < -0.4 is 14.8 Å². The molecule has 2 amide bonds. The minimum absolute atomic E-state index is 0.238. The van der Waals surface area contributed by atoms with E-state index < -0.39 is 5.37 Å². The molecule has 0 radical (unpaired) electrons. The monoisotopic (exact) mass is 475 g/mol. The predicted octanol–water partition coefficient (Wildman–Crippen LogP) is 4.92. The molecular formula is C23H26ClN3O4S. The third-order valence-corrected chi connectivity index (χ3v) is 6.04. The van der Waals surface area contributed by atoms with Gasteiger partial charge in [-0.2, -0.15) is 0 Å². The molecule has 0 spiro atoms. The van der Waals surface area contributed by atoms with Gasteiger partial charge in [-0.1, -0.05) is 55.4 Å². The van der Waals surface area contributed by atoms with Crippen LogP contribution in [-0.4, -0.2) is 35.2 Å². The van der Waals surface area contributed by atoms with Gasteiger partial charge in [0.1, 0.15) is 30.1 Å². The number of carbonyl (C=O) groups is 2. The van der Waals surface area contributed by atoms with Crippen molar-refractivity contribution in [1.29, 1.82) is 0 Å². The van der Waals surface area contributed by atoms with Gasteiger partial charge in [0.25, 0.3) is 0 Å². The van der Waals surface area contributed by atoms with Crippen molar-refractivity contribution >= 4 is 40.3 Å². The topological polar surface area (TPSA) is 80.2 Å². The summed E-state index contributed by atoms with van der Waals surface area (Å²) in [5.41, 5.74) is 2.03. The van der Waals surface area contributed by atoms with E-state index in [0.29, 0.717) is 35.1 Å². The van der Waals surface area contributed by atoms with Crippen molar-refractivity contribution in [3.63, 3.8) is 0 Å². The molecule has 0 saturated carbocycles. The molecule has 0 saturated heterocycles. The molecule has 1 aliphatic heterocycles. The van der Waals surface area contributed by atoms with Crippen LogP contribution in [0.15, 0.2) is 47.6 Å². The maximum absolute atomic E-state index is 12.0. The first-order valence-corrected chi connectivity index (χ1v) is 11.5. The molecule has 0 fully saturated rings. The van der Waals surface area contributed by atoms with Crippen molar-refractivity contribution in [2.45, 2.75) is 39.0 Å². The summed E-state index contributed by atoms with van der Waals surface area (Å²) in [6.07, 6.45) is 0. The Morgan fingerprint density at radius 1 is 1.12 bits per heavy atom. The largest absolute Gasteiger partial charge is 0.490 e. The fraction of sp³-hybridized carbons (Fsp3) is 0.348. The predicted molar refractivity (Wildman–Crippen MR) is 127 cm³/mol. The second-order valence-corrected chi connectivity index (χ2v) is 9.01. The first kappa shape index (κ1) is 23.9. The summed E-state index contributed by atoms with van der Waals surface area (Å²) in [7, 11) is 0. The fourth-order valence-electron chi connectivity index (χ4n) is 3.03. The maximum Gasteiger partial charge on any atom is 0.241 e. The van der Waals surface area contributed by atoms with Crippen molar-refractivity contribution in [2.75, 3.05) is 13.2 Å². The number of nitrogens with one attached hydrogen (secondary N) is 1. The highest BCUT2D eigenvalue weighted by atomic mass is 35.5. The van der Waals surface area contributed by atoms with Gasteiger partial charge in [-0.15, -0.1) is 5.10 Å². The molecule has 1 aliphatic rings. The van der Waals surface area contributed by atoms with Crippen molar-refractivity contribution in [1.82, 2.24) is 10.3 Å². The lowest BCUT2D eigenvalue weighted by atomic mass is 10.0. The Bertz CT molecular complexity index is 1010. The SMILES string of the molecule is CC(=O)NC1=NN(C(C)=O)[C@@H](c2ccc(OCCOc3ccc(C(C)C)cc3)c(Cl)c2)S1. The van der Waals surface area contributed by atoms with Gasteiger partial charge < -0.3 is 14.8 Å². The number of amides is 2. The van der Waals surface area contributed by atoms with E-state index in [2.05, 4.69) is 36.4 Å². The number of amidine groups is 1. The first-order chi connectivity index (χ1) is 15.2. The number of benzene rings is 2. The Morgan fingerprint density at radius 2 is 1.81 bits per heavy atom. The van der Waals surface area contributed by atoms with E-state index in [1.807, 2.05) is 18.2 Å². The maximum atomic E-state index is 12.0. The number of hydrazone groups is 1. The van der Waals surface area contributed by atoms with Gasteiger partial charge in [0.2, 0.25) is 11.8 Å². The number of rotatable bonds is 7. The Morgan fingerprint density at radius 3 is 2.41 bits per heavy atom. The molecule has 3 rings (SSSR count). The quantitative estimate of drug-likeness (QED) is 0.575. The number of ether oxygens (including phenoxy) is 2. The lowest BCUT2D eigenvalue weighted by molar-refractivity contribution is -0.129. The van der Waals surface area contributed by atoms with E-state index >= 15 is 0 Å². The Balaban J connectivity index is 1.56. The molecule has 7 nitrogen and oxygen atoms in total. The zero-order chi connectivity index (χ0) is 23.3. The standard InChI is InChI=1S/C23H26ClN3O4S/c1-14(2)17-5-8-19(9-6-17)30-11-12-31-21-10-7-18(13-20(21)24)22-27(16(4)29)26-23(32-22)25-15(3)28/h5-10,13-14,22H,11-12H2,1-4H3,(H,25,26,28)/t22-/m1/s1. The third kappa shape index (κ3) is 6.17. The highest BCUT2D eigenvalue weighted by molar-refractivity contribution is 8.14. The van der Waals surface area contributed by atoms with Gasteiger partial charge in [-0.25, -0.2) is 5.01 Å². The van der Waals surface area contributed by atoms with Crippen LogP contribution in [0.1, 0.15) is 50.1 Å². The van der Waals surface area contributed by atoms with Crippen molar-refractivity contribution in [3.05, 3.63) is 58.6 Å². The summed E-state index contributed by atoms with van der Waals surface area (Å²) in [5.74, 6) is 1.30. The summed E-state index contributed by atoms with van der Waals surface area (Å²) in [6.45, 7) is 7.82. The van der Waals surface area contributed by atoms with Crippen LogP contribution >= 0.6 is 23.4 Å². The second kappa shape index (κ2) is 10.7. The summed E-state index contributed by atoms with van der Waals surface area (Å²) in [6, 6.07) is 13.3. The Hall–Kier alpha value is -2.71. The van der Waals surface area contributed by atoms with Gasteiger partial charge in [0.15, 0.2) is 5.17 Å². The average Bonchev–Trinajstić information content (AvgIpc) is 3.16. The van der Waals surface area contributed by atoms with Gasteiger partial charge in [-0.05, 0) is 41.3 Å². The molecule has 170 valence electrons. The minimum atomic E-state index is -0.418. The number of hydrogen-bond donors (Lipinski definition) is 1. The van der Waals surface area contributed by atoms with Gasteiger partial charge in [-0.3, -0.25) is 9.59 Å². The van der Waals surface area contributed by atoms with Crippen LogP contribution in [0, 0.1) is 0 Å². The first-order valence-electron chi connectivity index (χ1n) is 10.2. The average molecular weight is 476 g/mol. The number of carbonyl (C=O) groups excluding carboxylic acids is 2. The van der Waals surface area contributed by atoms with E-state index in [1.165, 1.54) is 36.2 Å². The highest BCUT2D eigenvalue weighted by Crippen LogP contribution is 2.40. The van der Waals surface area contributed by atoms with Gasteiger partial charge in [0.05, 0.1) is 5.02 Å². The normalized spacial score (nSPS) is 15.5. The molecule has 2 aromatic carbocycles. The van der Waals surface area contributed by atoms with E-state index in [9.17, 15) is 9.59 Å². The molecule has 0 aliphatic carbocycles. The van der Waals surface area contributed by atoms with Crippen molar-refractivity contribution in [2.24, 2.45) is 5.10 Å². The zero-order valence-corrected chi connectivity index (χ0v) is 20.0. The van der Waals surface area contributed by atoms with Gasteiger partial charge >= 0.3 is 0 Å². The number of nitrogens with zero attached hydrogens (tertiary/aromatic N) is 2. The Kier molecular flexibility index (Phi) is 8.04. The number of halogens is 1. The summed E-state index contributed by atoms with van der Waals surface area (Å²) < 4.78 is 11.5. The Labute approximate surface area is 197 Å². The fourth-order valence-corrected chi connectivity index (χ4v) is 4.40. The van der Waals surface area contributed by atoms with E-state index in [4.69, 9.17) is 21.1 Å². The lowest BCUT2D eigenvalue weighted by Gasteiger charge is -2.20. The van der Waals surface area contributed by atoms with E-state index in [-0.39, 0.29) is 11.8 Å². The molecule has 32 heavy (non-hydrogen) atoms. The molecule has 1 heterocycles. The van der Waals surface area contributed by atoms with Crippen LogP contribution in [0.2, 0.25) is 5.02 Å². The van der Waals surface area contributed by atoms with Crippen molar-refractivity contribution in [3.8, 4) is 11.5 Å². The zero-order valence-electron chi connectivity index (χ0n) is 18.4. The highest BCUT2D eigenvalue weighted by Gasteiger charge is 2.32. The molecule has 2 aromatic rings. The molecule has 0 aromatic heterocycles. The summed E-state index contributed by atoms with van der Waals surface area (Å²) >= 11 is 7.68. The molecule has 9 heteroatoms. The molecule has 1 atom stereocenters. The smallest absolute Gasteiger partial charge is 0.241 e. The molecular weight excluding hydrogens is 450 g/mol. The molecule has 0 unspecified atom stereocenters. The van der Waals surface area contributed by atoms with Crippen LogP contribution in [0.5, 0.6) is 11.5 Å². The van der Waals surface area contributed by atoms with Gasteiger partial charge in [0, 0.05) is 13.8 Å². The van der Waals surface area contributed by atoms with Crippen LogP contribution in [0.3, 0.4) is 0 Å². The van der Waals surface area contributed by atoms with Crippen LogP contribution in [-0.2, 0) is 9.59 Å². The van der Waals surface area contributed by atoms with E-state index in [0.717, 1.165) is 11.3 Å². The van der Waals surface area contributed by atoms with Crippen LogP contribution in [0.25, 0.3) is 0 Å².